The largest absolute Gasteiger partial charge is 0.464 e. The first-order valence-corrected chi connectivity index (χ1v) is 7.23. The molecular formula is C10H17ClN4O2S. The van der Waals surface area contributed by atoms with E-state index in [0.29, 0.717) is 24.9 Å². The van der Waals surface area contributed by atoms with Crippen molar-refractivity contribution >= 4 is 29.3 Å². The van der Waals surface area contributed by atoms with Gasteiger partial charge in [-0.3, -0.25) is 0 Å². The summed E-state index contributed by atoms with van der Waals surface area (Å²) in [5, 5.41) is 13.0. The number of anilines is 1. The van der Waals surface area contributed by atoms with Gasteiger partial charge in [0.25, 0.3) is 0 Å². The highest BCUT2D eigenvalue weighted by atomic mass is 35.5. The van der Waals surface area contributed by atoms with Crippen LogP contribution in [-0.4, -0.2) is 50.8 Å². The van der Waals surface area contributed by atoms with Crippen LogP contribution in [0.15, 0.2) is 0 Å². The minimum atomic E-state index is -0.843. The van der Waals surface area contributed by atoms with Crippen LogP contribution in [0.3, 0.4) is 0 Å². The Balaban J connectivity index is 2.66. The van der Waals surface area contributed by atoms with Crippen molar-refractivity contribution in [2.45, 2.75) is 19.4 Å². The molecule has 1 atom stereocenters. The Morgan fingerprint density at radius 3 is 2.78 bits per heavy atom. The maximum atomic E-state index is 10.00. The molecule has 0 radical (unpaired) electrons. The third kappa shape index (κ3) is 5.24. The second-order valence-electron chi connectivity index (χ2n) is 3.93. The third-order valence-corrected chi connectivity index (χ3v) is 3.02. The average Bonchev–Trinajstić information content (AvgIpc) is 2.26. The number of nitrogens with zero attached hydrogens (tertiary/aromatic N) is 3. The van der Waals surface area contributed by atoms with Gasteiger partial charge in [0.05, 0.1) is 12.2 Å². The van der Waals surface area contributed by atoms with Gasteiger partial charge in [0.2, 0.25) is 11.2 Å². The lowest BCUT2D eigenvalue weighted by Gasteiger charge is -2.22. The number of nitrogens with one attached hydrogen (secondary N) is 1. The molecule has 1 unspecified atom stereocenters. The minimum absolute atomic E-state index is 0.0560. The zero-order valence-corrected chi connectivity index (χ0v) is 12.2. The zero-order valence-electron chi connectivity index (χ0n) is 10.6. The van der Waals surface area contributed by atoms with Gasteiger partial charge in [0, 0.05) is 12.3 Å². The number of halogens is 1. The Morgan fingerprint density at radius 1 is 1.44 bits per heavy atom. The van der Waals surface area contributed by atoms with E-state index in [2.05, 4.69) is 20.3 Å². The summed E-state index contributed by atoms with van der Waals surface area (Å²) in [6.45, 7) is 4.33. The standard InChI is InChI=1S/C10H17ClN4O2S/c1-4-17-9-14-7(11)13-8(15-9)12-5-10(2,16)6-18-3/h16H,4-6H2,1-3H3,(H,12,13,14,15). The lowest BCUT2D eigenvalue weighted by Crippen LogP contribution is -2.36. The third-order valence-electron chi connectivity index (χ3n) is 1.94. The minimum Gasteiger partial charge on any atom is -0.464 e. The van der Waals surface area contributed by atoms with E-state index in [9.17, 15) is 5.11 Å². The van der Waals surface area contributed by atoms with Gasteiger partial charge in [-0.05, 0) is 31.7 Å². The van der Waals surface area contributed by atoms with E-state index in [1.807, 2.05) is 13.2 Å². The van der Waals surface area contributed by atoms with Gasteiger partial charge in [-0.25, -0.2) is 0 Å². The van der Waals surface area contributed by atoms with Crippen molar-refractivity contribution in [3.63, 3.8) is 0 Å². The molecule has 18 heavy (non-hydrogen) atoms. The topological polar surface area (TPSA) is 80.2 Å². The van der Waals surface area contributed by atoms with Crippen molar-refractivity contribution in [3.05, 3.63) is 5.28 Å². The van der Waals surface area contributed by atoms with Crippen LogP contribution in [0.25, 0.3) is 0 Å². The number of hydrogen-bond acceptors (Lipinski definition) is 7. The number of ether oxygens (including phenoxy) is 1. The maximum absolute atomic E-state index is 10.00. The Hall–Kier alpha value is -0.790. The summed E-state index contributed by atoms with van der Waals surface area (Å²) in [4.78, 5) is 11.8. The predicted molar refractivity (Wildman–Crippen MR) is 73.5 cm³/mol. The lowest BCUT2D eigenvalue weighted by molar-refractivity contribution is 0.0995. The highest BCUT2D eigenvalue weighted by molar-refractivity contribution is 7.98. The number of hydrogen-bond donors (Lipinski definition) is 2. The summed E-state index contributed by atoms with van der Waals surface area (Å²) in [6.07, 6.45) is 1.93. The molecule has 0 amide bonds. The quantitative estimate of drug-likeness (QED) is 0.787. The molecule has 102 valence electrons. The fraction of sp³-hybridized carbons (Fsp3) is 0.700. The van der Waals surface area contributed by atoms with Gasteiger partial charge in [-0.2, -0.15) is 26.7 Å². The number of rotatable bonds is 7. The second kappa shape index (κ2) is 6.96. The summed E-state index contributed by atoms with van der Waals surface area (Å²) >= 11 is 7.31. The zero-order chi connectivity index (χ0) is 13.6. The molecule has 8 heteroatoms. The van der Waals surface area contributed by atoms with Crippen LogP contribution < -0.4 is 10.1 Å². The molecule has 1 aromatic heterocycles. The number of aliphatic hydroxyl groups is 1. The van der Waals surface area contributed by atoms with E-state index >= 15 is 0 Å². The molecule has 0 aliphatic rings. The van der Waals surface area contributed by atoms with Crippen molar-refractivity contribution in [1.29, 1.82) is 0 Å². The highest BCUT2D eigenvalue weighted by Crippen LogP contribution is 2.14. The molecule has 0 aliphatic carbocycles. The van der Waals surface area contributed by atoms with Crippen molar-refractivity contribution in [3.8, 4) is 6.01 Å². The first-order chi connectivity index (χ1) is 8.46. The van der Waals surface area contributed by atoms with Crippen LogP contribution in [0, 0.1) is 0 Å². The van der Waals surface area contributed by atoms with E-state index in [1.54, 1.807) is 18.7 Å². The summed E-state index contributed by atoms with van der Waals surface area (Å²) in [6, 6.07) is 0.171. The van der Waals surface area contributed by atoms with Crippen molar-refractivity contribution < 1.29 is 9.84 Å². The van der Waals surface area contributed by atoms with E-state index in [4.69, 9.17) is 16.3 Å². The van der Waals surface area contributed by atoms with E-state index < -0.39 is 5.60 Å². The molecule has 0 saturated heterocycles. The molecule has 1 rings (SSSR count). The smallest absolute Gasteiger partial charge is 0.322 e. The van der Waals surface area contributed by atoms with E-state index in [1.165, 1.54) is 0 Å². The summed E-state index contributed by atoms with van der Waals surface area (Å²) < 4.78 is 5.15. The van der Waals surface area contributed by atoms with E-state index in [0.717, 1.165) is 0 Å². The average molecular weight is 293 g/mol. The molecule has 0 bridgehead atoms. The van der Waals surface area contributed by atoms with E-state index in [-0.39, 0.29) is 11.3 Å². The molecule has 0 fully saturated rings. The molecule has 2 N–H and O–H groups in total. The first kappa shape index (κ1) is 15.3. The van der Waals surface area contributed by atoms with Crippen LogP contribution in [0.4, 0.5) is 5.95 Å². The summed E-state index contributed by atoms with van der Waals surface area (Å²) in [5.74, 6) is 0.900. The SMILES string of the molecule is CCOc1nc(Cl)nc(NCC(C)(O)CSC)n1. The Bertz CT molecular complexity index is 392. The Morgan fingerprint density at radius 2 is 2.17 bits per heavy atom. The van der Waals surface area contributed by atoms with Gasteiger partial charge in [-0.15, -0.1) is 0 Å². The van der Waals surface area contributed by atoms with Gasteiger partial charge < -0.3 is 15.2 Å². The Labute approximate surface area is 116 Å². The Kier molecular flexibility index (Phi) is 5.90. The normalized spacial score (nSPS) is 14.1. The lowest BCUT2D eigenvalue weighted by atomic mass is 10.1. The first-order valence-electron chi connectivity index (χ1n) is 5.46. The monoisotopic (exact) mass is 292 g/mol. The predicted octanol–water partition coefficient (Wildman–Crippen LogP) is 1.45. The van der Waals surface area contributed by atoms with Crippen molar-refractivity contribution in [2.75, 3.05) is 30.5 Å². The molecule has 6 nitrogen and oxygen atoms in total. The molecule has 1 aromatic rings. The van der Waals surface area contributed by atoms with Crippen LogP contribution in [0.2, 0.25) is 5.28 Å². The second-order valence-corrected chi connectivity index (χ2v) is 5.13. The van der Waals surface area contributed by atoms with Gasteiger partial charge in [0.15, 0.2) is 0 Å². The summed E-state index contributed by atoms with van der Waals surface area (Å²) in [5.41, 5.74) is -0.843. The van der Waals surface area contributed by atoms with Crippen LogP contribution >= 0.6 is 23.4 Å². The van der Waals surface area contributed by atoms with Crippen molar-refractivity contribution in [1.82, 2.24) is 15.0 Å². The maximum Gasteiger partial charge on any atom is 0.322 e. The molecular weight excluding hydrogens is 276 g/mol. The van der Waals surface area contributed by atoms with Crippen LogP contribution in [0.1, 0.15) is 13.8 Å². The fourth-order valence-corrected chi connectivity index (χ4v) is 2.11. The van der Waals surface area contributed by atoms with Crippen LogP contribution in [-0.2, 0) is 0 Å². The number of thioether (sulfide) groups is 1. The molecule has 0 saturated carbocycles. The highest BCUT2D eigenvalue weighted by Gasteiger charge is 2.20. The van der Waals surface area contributed by atoms with Crippen LogP contribution in [0.5, 0.6) is 6.01 Å². The fourth-order valence-electron chi connectivity index (χ4n) is 1.24. The molecule has 1 heterocycles. The molecule has 0 spiro atoms. The molecule has 0 aliphatic heterocycles. The number of aromatic nitrogens is 3. The van der Waals surface area contributed by atoms with Gasteiger partial charge >= 0.3 is 6.01 Å². The van der Waals surface area contributed by atoms with Gasteiger partial charge in [-0.1, -0.05) is 0 Å². The van der Waals surface area contributed by atoms with Gasteiger partial charge in [0.1, 0.15) is 0 Å². The van der Waals surface area contributed by atoms with Crippen molar-refractivity contribution in [2.24, 2.45) is 0 Å². The molecule has 0 aromatic carbocycles. The summed E-state index contributed by atoms with van der Waals surface area (Å²) in [7, 11) is 0.